The van der Waals surface area contributed by atoms with E-state index in [4.69, 9.17) is 9.84 Å². The van der Waals surface area contributed by atoms with Gasteiger partial charge in [-0.25, -0.2) is 4.79 Å². The topological polar surface area (TPSA) is 55.8 Å². The summed E-state index contributed by atoms with van der Waals surface area (Å²) in [5.74, 6) is -0.944. The number of carboxylic acids is 1. The Balaban J connectivity index is 0.000000249. The quantitative estimate of drug-likeness (QED) is 0.760. The summed E-state index contributed by atoms with van der Waals surface area (Å²) in [7, 11) is 3.14. The first kappa shape index (κ1) is 13.4. The van der Waals surface area contributed by atoms with Crippen LogP contribution in [0.25, 0.3) is 0 Å². The molecule has 0 atom stereocenters. The molecular formula is C10H20O4. The van der Waals surface area contributed by atoms with E-state index in [9.17, 15) is 4.79 Å². The largest absolute Gasteiger partial charge is 0.479 e. The van der Waals surface area contributed by atoms with E-state index in [1.807, 2.05) is 0 Å². The third-order valence-corrected chi connectivity index (χ3v) is 2.47. The summed E-state index contributed by atoms with van der Waals surface area (Å²) < 4.78 is 9.65. The van der Waals surface area contributed by atoms with Crippen LogP contribution in [-0.4, -0.2) is 36.5 Å². The molecule has 0 aliphatic heterocycles. The fourth-order valence-electron chi connectivity index (χ4n) is 0.467. The Morgan fingerprint density at radius 3 is 1.79 bits per heavy atom. The third-order valence-electron chi connectivity index (χ3n) is 2.47. The summed E-state index contributed by atoms with van der Waals surface area (Å²) in [4.78, 5) is 10.1. The molecule has 0 aromatic carbocycles. The highest BCUT2D eigenvalue weighted by atomic mass is 16.5. The van der Waals surface area contributed by atoms with Gasteiger partial charge in [0.1, 0.15) is 0 Å². The van der Waals surface area contributed by atoms with Gasteiger partial charge in [-0.1, -0.05) is 0 Å². The smallest absolute Gasteiger partial charge is 0.335 e. The van der Waals surface area contributed by atoms with Crippen molar-refractivity contribution in [3.05, 3.63) is 0 Å². The molecule has 1 N–H and O–H groups in total. The van der Waals surface area contributed by atoms with E-state index in [0.717, 1.165) is 0 Å². The molecule has 0 spiro atoms. The van der Waals surface area contributed by atoms with Crippen LogP contribution < -0.4 is 0 Å². The molecule has 1 saturated carbocycles. The Morgan fingerprint density at radius 1 is 1.36 bits per heavy atom. The van der Waals surface area contributed by atoms with Gasteiger partial charge in [-0.15, -0.1) is 0 Å². The number of methoxy groups -OCH3 is 2. The van der Waals surface area contributed by atoms with Gasteiger partial charge in [0.05, 0.1) is 5.60 Å². The van der Waals surface area contributed by atoms with Gasteiger partial charge >= 0.3 is 5.97 Å². The highest BCUT2D eigenvalue weighted by Gasteiger charge is 2.36. The zero-order valence-electron chi connectivity index (χ0n) is 9.59. The number of ether oxygens (including phenoxy) is 2. The Labute approximate surface area is 85.2 Å². The van der Waals surface area contributed by atoms with E-state index in [-0.39, 0.29) is 0 Å². The van der Waals surface area contributed by atoms with Crippen LogP contribution in [0.4, 0.5) is 0 Å². The normalized spacial score (nSPS) is 18.1. The van der Waals surface area contributed by atoms with Crippen LogP contribution in [0.2, 0.25) is 0 Å². The van der Waals surface area contributed by atoms with Crippen molar-refractivity contribution < 1.29 is 19.4 Å². The molecule has 1 fully saturated rings. The predicted molar refractivity (Wildman–Crippen MR) is 53.4 cm³/mol. The molecule has 1 rings (SSSR count). The fraction of sp³-hybridized carbons (Fsp3) is 0.900. The van der Waals surface area contributed by atoms with Crippen molar-refractivity contribution in [1.82, 2.24) is 0 Å². The molecule has 0 amide bonds. The van der Waals surface area contributed by atoms with Gasteiger partial charge in [0.15, 0.2) is 5.60 Å². The average molecular weight is 204 g/mol. The zero-order valence-corrected chi connectivity index (χ0v) is 9.59. The molecule has 0 radical (unpaired) electrons. The van der Waals surface area contributed by atoms with Crippen LogP contribution in [-0.2, 0) is 14.3 Å². The lowest BCUT2D eigenvalue weighted by molar-refractivity contribution is -0.157. The number of aliphatic carboxylic acids is 1. The van der Waals surface area contributed by atoms with Gasteiger partial charge in [-0.05, 0) is 33.6 Å². The second-order valence-electron chi connectivity index (χ2n) is 4.17. The third kappa shape index (κ3) is 4.58. The Hall–Kier alpha value is -0.610. The molecule has 0 unspecified atom stereocenters. The number of hydrogen-bond donors (Lipinski definition) is 1. The molecule has 1 aliphatic carbocycles. The highest BCUT2D eigenvalue weighted by molar-refractivity contribution is 5.76. The minimum Gasteiger partial charge on any atom is -0.479 e. The van der Waals surface area contributed by atoms with Gasteiger partial charge in [0.2, 0.25) is 0 Å². The second kappa shape index (κ2) is 4.75. The molecule has 0 aromatic heterocycles. The fourth-order valence-corrected chi connectivity index (χ4v) is 0.467. The summed E-state index contributed by atoms with van der Waals surface area (Å²) >= 11 is 0. The lowest BCUT2D eigenvalue weighted by Crippen LogP contribution is -2.33. The maximum absolute atomic E-state index is 10.1. The van der Waals surface area contributed by atoms with Crippen LogP contribution >= 0.6 is 0 Å². The van der Waals surface area contributed by atoms with Crippen molar-refractivity contribution >= 4 is 5.97 Å². The Bertz CT molecular complexity index is 194. The summed E-state index contributed by atoms with van der Waals surface area (Å²) in [6.07, 6.45) is 2.51. The number of carboxylic acid groups (broad SMARTS) is 1. The van der Waals surface area contributed by atoms with E-state index in [2.05, 4.69) is 11.7 Å². The van der Waals surface area contributed by atoms with Crippen LogP contribution in [0, 0.1) is 0 Å². The van der Waals surface area contributed by atoms with Crippen LogP contribution in [0.1, 0.15) is 33.6 Å². The molecule has 0 heterocycles. The maximum Gasteiger partial charge on any atom is 0.335 e. The van der Waals surface area contributed by atoms with Crippen LogP contribution in [0.3, 0.4) is 0 Å². The van der Waals surface area contributed by atoms with E-state index in [1.54, 1.807) is 7.11 Å². The van der Waals surface area contributed by atoms with Gasteiger partial charge < -0.3 is 14.6 Å². The number of rotatable bonds is 3. The van der Waals surface area contributed by atoms with Crippen molar-refractivity contribution in [2.75, 3.05) is 14.2 Å². The molecule has 0 aromatic rings. The van der Waals surface area contributed by atoms with E-state index < -0.39 is 11.6 Å². The van der Waals surface area contributed by atoms with Crippen molar-refractivity contribution in [3.63, 3.8) is 0 Å². The number of hydrogen-bond acceptors (Lipinski definition) is 3. The molecule has 4 nitrogen and oxygen atoms in total. The molecule has 1 aliphatic rings. The lowest BCUT2D eigenvalue weighted by atomic mass is 10.1. The summed E-state index contributed by atoms with van der Waals surface area (Å²) in [5.41, 5.74) is -0.750. The summed E-state index contributed by atoms with van der Waals surface area (Å²) in [5, 5.41) is 8.32. The molecule has 0 bridgehead atoms. The standard InChI is InChI=1S/C5H10O3.C5H10O/c1-5(2,8-3)4(6)7;1-5(6-2)3-4-5/h1-3H3,(H,6,7);3-4H2,1-2H3. The Morgan fingerprint density at radius 2 is 1.79 bits per heavy atom. The van der Waals surface area contributed by atoms with Gasteiger partial charge in [0.25, 0.3) is 0 Å². The van der Waals surface area contributed by atoms with Crippen molar-refractivity contribution in [2.24, 2.45) is 0 Å². The van der Waals surface area contributed by atoms with Gasteiger partial charge in [0, 0.05) is 14.2 Å². The first-order chi connectivity index (χ1) is 6.27. The van der Waals surface area contributed by atoms with Gasteiger partial charge in [-0.2, -0.15) is 0 Å². The van der Waals surface area contributed by atoms with E-state index in [0.29, 0.717) is 5.60 Å². The Kier molecular flexibility index (Phi) is 4.55. The zero-order chi connectivity index (χ0) is 11.4. The SMILES string of the molecule is COC(C)(C)C(=O)O.COC1(C)CC1. The monoisotopic (exact) mass is 204 g/mol. The van der Waals surface area contributed by atoms with E-state index in [1.165, 1.54) is 33.8 Å². The van der Waals surface area contributed by atoms with Crippen molar-refractivity contribution in [3.8, 4) is 0 Å². The first-order valence-corrected chi connectivity index (χ1v) is 4.61. The maximum atomic E-state index is 10.1. The number of carbonyl (C=O) groups is 1. The van der Waals surface area contributed by atoms with Crippen LogP contribution in [0.15, 0.2) is 0 Å². The average Bonchev–Trinajstić information content (AvgIpc) is 2.86. The van der Waals surface area contributed by atoms with Crippen molar-refractivity contribution in [1.29, 1.82) is 0 Å². The van der Waals surface area contributed by atoms with Crippen LogP contribution in [0.5, 0.6) is 0 Å². The second-order valence-corrected chi connectivity index (χ2v) is 4.17. The minimum atomic E-state index is -1.04. The molecule has 4 heteroatoms. The lowest BCUT2D eigenvalue weighted by Gasteiger charge is -2.15. The highest BCUT2D eigenvalue weighted by Crippen LogP contribution is 2.37. The first-order valence-electron chi connectivity index (χ1n) is 4.61. The minimum absolute atomic E-state index is 0.292. The molecule has 84 valence electrons. The molecule has 0 saturated heterocycles. The van der Waals surface area contributed by atoms with Crippen molar-refractivity contribution in [2.45, 2.75) is 44.8 Å². The summed E-state index contributed by atoms with van der Waals surface area (Å²) in [6, 6.07) is 0. The molecular weight excluding hydrogens is 184 g/mol. The van der Waals surface area contributed by atoms with E-state index >= 15 is 0 Å². The molecule has 14 heavy (non-hydrogen) atoms. The predicted octanol–water partition coefficient (Wildman–Crippen LogP) is 1.68. The van der Waals surface area contributed by atoms with Gasteiger partial charge in [-0.3, -0.25) is 0 Å². The summed E-state index contributed by atoms with van der Waals surface area (Å²) in [6.45, 7) is 5.12.